The Balaban J connectivity index is 1.64. The van der Waals surface area contributed by atoms with E-state index < -0.39 is 22.5 Å². The topological polar surface area (TPSA) is 164 Å². The van der Waals surface area contributed by atoms with Gasteiger partial charge in [0.25, 0.3) is 5.69 Å². The molecule has 2 aromatic heterocycles. The van der Waals surface area contributed by atoms with Gasteiger partial charge < -0.3 is 10.4 Å². The summed E-state index contributed by atoms with van der Waals surface area (Å²) in [5, 5.41) is 29.5. The number of aromatic amines is 1. The maximum absolute atomic E-state index is 12.1. The van der Waals surface area contributed by atoms with E-state index in [-0.39, 0.29) is 17.0 Å². The van der Waals surface area contributed by atoms with Gasteiger partial charge in [-0.15, -0.1) is 5.10 Å². The van der Waals surface area contributed by atoms with Gasteiger partial charge >= 0.3 is 5.97 Å². The van der Waals surface area contributed by atoms with E-state index in [4.69, 9.17) is 5.11 Å². The molecule has 3 N–H and O–H groups in total. The van der Waals surface area contributed by atoms with Gasteiger partial charge in [0.05, 0.1) is 16.2 Å². The van der Waals surface area contributed by atoms with E-state index in [1.165, 1.54) is 0 Å². The number of thioether (sulfide) groups is 1. The van der Waals surface area contributed by atoms with Gasteiger partial charge in [-0.25, -0.2) is 9.78 Å². The molecule has 2 heterocycles. The summed E-state index contributed by atoms with van der Waals surface area (Å²) >= 11 is 1.05. The SMILES string of the molecule is O=C(CSc1n[nH]c(-c2ccncc2)n1)Nc1cc(C(=O)O)cc([N+](=O)[O-])c1. The first-order valence-corrected chi connectivity index (χ1v) is 8.69. The summed E-state index contributed by atoms with van der Waals surface area (Å²) in [5.74, 6) is -1.37. The summed E-state index contributed by atoms with van der Waals surface area (Å²) in [5.41, 5.74) is 0.0770. The van der Waals surface area contributed by atoms with Crippen LogP contribution in [0.15, 0.2) is 47.9 Å². The lowest BCUT2D eigenvalue weighted by molar-refractivity contribution is -0.384. The number of carboxylic acids is 1. The summed E-state index contributed by atoms with van der Waals surface area (Å²) in [6, 6.07) is 6.66. The van der Waals surface area contributed by atoms with E-state index in [0.717, 1.165) is 35.5 Å². The van der Waals surface area contributed by atoms with Crippen molar-refractivity contribution < 1.29 is 19.6 Å². The van der Waals surface area contributed by atoms with E-state index in [0.29, 0.717) is 11.0 Å². The predicted molar refractivity (Wildman–Crippen MR) is 99.0 cm³/mol. The number of non-ortho nitro benzene ring substituents is 1. The van der Waals surface area contributed by atoms with Crippen LogP contribution in [0.5, 0.6) is 0 Å². The predicted octanol–water partition coefficient (Wildman–Crippen LogP) is 2.20. The molecule has 0 fully saturated rings. The fourth-order valence-electron chi connectivity index (χ4n) is 2.19. The molecule has 142 valence electrons. The first-order chi connectivity index (χ1) is 13.4. The van der Waals surface area contributed by atoms with Crippen molar-refractivity contribution in [1.29, 1.82) is 0 Å². The molecule has 1 aromatic carbocycles. The number of nitrogens with zero attached hydrogens (tertiary/aromatic N) is 4. The van der Waals surface area contributed by atoms with Crippen LogP contribution in [0.1, 0.15) is 10.4 Å². The number of nitro benzene ring substituents is 1. The molecule has 12 heteroatoms. The van der Waals surface area contributed by atoms with E-state index in [1.807, 2.05) is 0 Å². The van der Waals surface area contributed by atoms with E-state index >= 15 is 0 Å². The van der Waals surface area contributed by atoms with Crippen LogP contribution in [-0.4, -0.2) is 47.8 Å². The minimum Gasteiger partial charge on any atom is -0.478 e. The number of hydrogen-bond acceptors (Lipinski definition) is 8. The Morgan fingerprint density at radius 2 is 2.00 bits per heavy atom. The molecule has 0 aliphatic heterocycles. The number of H-pyrrole nitrogens is 1. The summed E-state index contributed by atoms with van der Waals surface area (Å²) in [7, 11) is 0. The number of rotatable bonds is 7. The minimum absolute atomic E-state index is 0.0182. The largest absolute Gasteiger partial charge is 0.478 e. The Labute approximate surface area is 161 Å². The second kappa shape index (κ2) is 8.26. The van der Waals surface area contributed by atoms with Crippen LogP contribution in [0, 0.1) is 10.1 Å². The molecule has 3 aromatic rings. The smallest absolute Gasteiger partial charge is 0.336 e. The van der Waals surface area contributed by atoms with Gasteiger partial charge in [-0.1, -0.05) is 11.8 Å². The van der Waals surface area contributed by atoms with Crippen LogP contribution in [0.2, 0.25) is 0 Å². The van der Waals surface area contributed by atoms with E-state index in [2.05, 4.69) is 25.5 Å². The van der Waals surface area contributed by atoms with Gasteiger partial charge in [0.2, 0.25) is 11.1 Å². The number of carbonyl (C=O) groups excluding carboxylic acids is 1. The summed E-state index contributed by atoms with van der Waals surface area (Å²) in [6.07, 6.45) is 3.23. The fourth-order valence-corrected chi connectivity index (χ4v) is 2.79. The van der Waals surface area contributed by atoms with Crippen molar-refractivity contribution in [3.63, 3.8) is 0 Å². The van der Waals surface area contributed by atoms with Crippen molar-refractivity contribution in [2.24, 2.45) is 0 Å². The molecular formula is C16H12N6O5S. The van der Waals surface area contributed by atoms with Crippen molar-refractivity contribution >= 4 is 35.0 Å². The Morgan fingerprint density at radius 3 is 2.68 bits per heavy atom. The third kappa shape index (κ3) is 4.67. The molecule has 1 amide bonds. The number of nitro groups is 1. The minimum atomic E-state index is -1.34. The zero-order valence-corrected chi connectivity index (χ0v) is 14.8. The third-order valence-electron chi connectivity index (χ3n) is 3.41. The molecule has 0 radical (unpaired) electrons. The summed E-state index contributed by atoms with van der Waals surface area (Å²) in [4.78, 5) is 41.5. The quantitative estimate of drug-likeness (QED) is 0.306. The van der Waals surface area contributed by atoms with Crippen molar-refractivity contribution in [2.75, 3.05) is 11.1 Å². The monoisotopic (exact) mass is 400 g/mol. The normalized spacial score (nSPS) is 10.4. The second-order valence-corrected chi connectivity index (χ2v) is 6.31. The standard InChI is InChI=1S/C16H12N6O5S/c23-13(18-11-5-10(15(24)25)6-12(7-11)22(26)27)8-28-16-19-14(20-21-16)9-1-3-17-4-2-9/h1-7H,8H2,(H,18,23)(H,24,25)(H,19,20,21). The number of amides is 1. The maximum atomic E-state index is 12.1. The Hall–Kier alpha value is -3.80. The summed E-state index contributed by atoms with van der Waals surface area (Å²) < 4.78 is 0. The molecule has 0 aliphatic carbocycles. The first kappa shape index (κ1) is 19.0. The van der Waals surface area contributed by atoms with Gasteiger partial charge in [-0.2, -0.15) is 0 Å². The van der Waals surface area contributed by atoms with Gasteiger partial charge in [-0.05, 0) is 18.2 Å². The molecule has 0 saturated heterocycles. The number of nitrogens with one attached hydrogen (secondary N) is 2. The van der Waals surface area contributed by atoms with Gasteiger partial charge in [0.1, 0.15) is 0 Å². The lowest BCUT2D eigenvalue weighted by Gasteiger charge is -2.05. The van der Waals surface area contributed by atoms with Crippen LogP contribution < -0.4 is 5.32 Å². The Morgan fingerprint density at radius 1 is 1.25 bits per heavy atom. The number of carbonyl (C=O) groups is 2. The number of anilines is 1. The van der Waals surface area contributed by atoms with Crippen LogP contribution in [0.3, 0.4) is 0 Å². The molecule has 0 spiro atoms. The lowest BCUT2D eigenvalue weighted by Crippen LogP contribution is -2.15. The van der Waals surface area contributed by atoms with Crippen LogP contribution in [0.4, 0.5) is 11.4 Å². The fraction of sp³-hybridized carbons (Fsp3) is 0.0625. The number of hydrogen-bond donors (Lipinski definition) is 3. The number of pyridine rings is 1. The maximum Gasteiger partial charge on any atom is 0.336 e. The third-order valence-corrected chi connectivity index (χ3v) is 4.26. The highest BCUT2D eigenvalue weighted by Crippen LogP contribution is 2.22. The highest BCUT2D eigenvalue weighted by molar-refractivity contribution is 7.99. The molecule has 0 aliphatic rings. The number of benzene rings is 1. The van der Waals surface area contributed by atoms with Crippen molar-refractivity contribution in [3.05, 3.63) is 58.4 Å². The average Bonchev–Trinajstić information content (AvgIpc) is 3.16. The number of carboxylic acid groups (broad SMARTS) is 1. The van der Waals surface area contributed by atoms with Crippen molar-refractivity contribution in [2.45, 2.75) is 5.16 Å². The first-order valence-electron chi connectivity index (χ1n) is 7.70. The van der Waals surface area contributed by atoms with Crippen LogP contribution in [-0.2, 0) is 4.79 Å². The molecule has 28 heavy (non-hydrogen) atoms. The van der Waals surface area contributed by atoms with E-state index in [1.54, 1.807) is 24.5 Å². The zero-order chi connectivity index (χ0) is 20.1. The summed E-state index contributed by atoms with van der Waals surface area (Å²) in [6.45, 7) is 0. The molecule has 0 saturated carbocycles. The lowest BCUT2D eigenvalue weighted by atomic mass is 10.1. The van der Waals surface area contributed by atoms with Crippen molar-refractivity contribution in [3.8, 4) is 11.4 Å². The Kier molecular flexibility index (Phi) is 5.60. The molecular weight excluding hydrogens is 388 g/mol. The molecule has 3 rings (SSSR count). The zero-order valence-electron chi connectivity index (χ0n) is 14.0. The van der Waals surface area contributed by atoms with E-state index in [9.17, 15) is 19.7 Å². The molecule has 0 atom stereocenters. The van der Waals surface area contributed by atoms with Gasteiger partial charge in [-0.3, -0.25) is 25.0 Å². The second-order valence-electron chi connectivity index (χ2n) is 5.37. The average molecular weight is 400 g/mol. The van der Waals surface area contributed by atoms with Crippen LogP contribution >= 0.6 is 11.8 Å². The number of aromatic nitrogens is 4. The highest BCUT2D eigenvalue weighted by Gasteiger charge is 2.16. The molecule has 0 bridgehead atoms. The van der Waals surface area contributed by atoms with Gasteiger partial charge in [0.15, 0.2) is 5.82 Å². The Bertz CT molecular complexity index is 1010. The molecule has 11 nitrogen and oxygen atoms in total. The van der Waals surface area contributed by atoms with Gasteiger partial charge in [0, 0.05) is 35.8 Å². The number of aromatic carboxylic acids is 1. The van der Waals surface area contributed by atoms with Crippen molar-refractivity contribution in [1.82, 2.24) is 20.2 Å². The highest BCUT2D eigenvalue weighted by atomic mass is 32.2. The van der Waals surface area contributed by atoms with Crippen LogP contribution in [0.25, 0.3) is 11.4 Å². The molecule has 0 unspecified atom stereocenters.